The number of halogens is 7. The second kappa shape index (κ2) is 6.78. The van der Waals surface area contributed by atoms with Gasteiger partial charge < -0.3 is 14.6 Å². The van der Waals surface area contributed by atoms with Gasteiger partial charge in [0.15, 0.2) is 5.60 Å². The molecule has 0 spiro atoms. The number of hydrogen-bond donors (Lipinski definition) is 0. The van der Waals surface area contributed by atoms with Gasteiger partial charge in [0, 0.05) is 0 Å². The van der Waals surface area contributed by atoms with Crippen molar-refractivity contribution in [3.05, 3.63) is 0 Å². The van der Waals surface area contributed by atoms with Gasteiger partial charge in [0.05, 0.1) is 4.43 Å². The van der Waals surface area contributed by atoms with E-state index in [9.17, 15) is 41.0 Å². The number of ether oxygens (including phenoxy) is 2. The van der Waals surface area contributed by atoms with Crippen molar-refractivity contribution in [2.75, 3.05) is 17.6 Å². The van der Waals surface area contributed by atoms with Crippen LogP contribution in [-0.2, 0) is 19.1 Å². The van der Waals surface area contributed by atoms with Gasteiger partial charge >= 0.3 is 24.3 Å². The third kappa shape index (κ3) is 4.36. The molecule has 0 aliphatic heterocycles. The molecule has 0 unspecified atom stereocenters. The summed E-state index contributed by atoms with van der Waals surface area (Å²) in [4.78, 5) is 21.3. The van der Waals surface area contributed by atoms with Crippen LogP contribution in [0.2, 0.25) is 0 Å². The van der Waals surface area contributed by atoms with Crippen molar-refractivity contribution in [1.29, 1.82) is 0 Å². The van der Waals surface area contributed by atoms with Gasteiger partial charge in [0.25, 0.3) is 0 Å². The predicted octanol–water partition coefficient (Wildman–Crippen LogP) is 0.731. The van der Waals surface area contributed by atoms with E-state index in [1.54, 1.807) is 22.6 Å². The van der Waals surface area contributed by atoms with Gasteiger partial charge in [-0.2, -0.15) is 26.3 Å². The van der Waals surface area contributed by atoms with Crippen LogP contribution in [0, 0.1) is 0 Å². The Morgan fingerprint density at radius 3 is 1.70 bits per heavy atom. The van der Waals surface area contributed by atoms with Crippen LogP contribution in [0.25, 0.3) is 0 Å². The van der Waals surface area contributed by atoms with E-state index in [-0.39, 0.29) is 4.43 Å². The molecule has 20 heavy (non-hydrogen) atoms. The third-order valence-electron chi connectivity index (χ3n) is 1.77. The van der Waals surface area contributed by atoms with Crippen molar-refractivity contribution in [1.82, 2.24) is 0 Å². The Hall–Kier alpha value is -0.790. The molecule has 0 aliphatic carbocycles. The molecule has 118 valence electrons. The lowest BCUT2D eigenvalue weighted by atomic mass is 10.0. The molecule has 0 radical (unpaired) electrons. The number of hydrogen-bond acceptors (Lipinski definition) is 5. The van der Waals surface area contributed by atoms with Crippen LogP contribution >= 0.6 is 22.6 Å². The molecule has 0 atom stereocenters. The van der Waals surface area contributed by atoms with Crippen LogP contribution in [0.5, 0.6) is 0 Å². The normalized spacial score (nSPS) is 13.0. The maximum Gasteiger partial charge on any atom is 0.399 e. The maximum atomic E-state index is 12.1. The Kier molecular flexibility index (Phi) is 6.51. The number of alkyl halides is 7. The van der Waals surface area contributed by atoms with Crippen molar-refractivity contribution in [2.45, 2.75) is 18.0 Å². The minimum Gasteiger partial charge on any atom is -0.828 e. The summed E-state index contributed by atoms with van der Waals surface area (Å²) in [5.41, 5.74) is -5.88. The smallest absolute Gasteiger partial charge is 0.399 e. The van der Waals surface area contributed by atoms with Crippen LogP contribution in [0.3, 0.4) is 0 Å². The molecule has 0 heterocycles. The predicted molar refractivity (Wildman–Crippen MR) is 55.6 cm³/mol. The summed E-state index contributed by atoms with van der Waals surface area (Å²) >= 11 is 1.58. The van der Waals surface area contributed by atoms with Gasteiger partial charge in [-0.3, -0.25) is 9.59 Å². The first-order valence-electron chi connectivity index (χ1n) is 4.60. The van der Waals surface area contributed by atoms with E-state index in [4.69, 9.17) is 0 Å². The quantitative estimate of drug-likeness (QED) is 0.215. The van der Waals surface area contributed by atoms with Crippen LogP contribution in [0.4, 0.5) is 26.3 Å². The zero-order chi connectivity index (χ0) is 16.2. The van der Waals surface area contributed by atoms with Crippen LogP contribution in [0.15, 0.2) is 0 Å². The molecule has 0 fully saturated rings. The highest BCUT2D eigenvalue weighted by Crippen LogP contribution is 2.41. The maximum absolute atomic E-state index is 12.1. The molecule has 0 bridgehead atoms. The molecule has 0 saturated heterocycles. The van der Waals surface area contributed by atoms with Gasteiger partial charge in [-0.05, 0) is 0 Å². The van der Waals surface area contributed by atoms with Crippen molar-refractivity contribution < 1.29 is 50.5 Å². The standard InChI is InChI=1S/C8H6F6IO5/c9-7(10,11)6(18,8(12,13)14)5(17)20-2-1-19-4(16)3-15/h1-3H2/q-1. The van der Waals surface area contributed by atoms with Gasteiger partial charge in [0.1, 0.15) is 13.2 Å². The second-order valence-corrected chi connectivity index (χ2v) is 3.93. The fourth-order valence-corrected chi connectivity index (χ4v) is 1.04. The first-order chi connectivity index (χ1) is 8.88. The summed E-state index contributed by atoms with van der Waals surface area (Å²) in [6, 6.07) is 0. The molecule has 0 amide bonds. The average molecular weight is 423 g/mol. The second-order valence-electron chi connectivity index (χ2n) is 3.17. The first-order valence-corrected chi connectivity index (χ1v) is 6.13. The Labute approximate surface area is 121 Å². The third-order valence-corrected chi connectivity index (χ3v) is 2.40. The Morgan fingerprint density at radius 2 is 1.35 bits per heavy atom. The molecule has 0 N–H and O–H groups in total. The molecule has 0 saturated carbocycles. The van der Waals surface area contributed by atoms with E-state index in [1.165, 1.54) is 0 Å². The molecular weight excluding hydrogens is 417 g/mol. The monoisotopic (exact) mass is 423 g/mol. The van der Waals surface area contributed by atoms with E-state index < -0.39 is 43.1 Å². The average Bonchev–Trinajstić information content (AvgIpc) is 2.29. The summed E-state index contributed by atoms with van der Waals surface area (Å²) in [6.07, 6.45) is -12.8. The van der Waals surface area contributed by atoms with Gasteiger partial charge in [-0.1, -0.05) is 22.6 Å². The van der Waals surface area contributed by atoms with Crippen molar-refractivity contribution in [3.63, 3.8) is 0 Å². The summed E-state index contributed by atoms with van der Waals surface area (Å²) in [5, 5.41) is 10.8. The zero-order valence-corrected chi connectivity index (χ0v) is 11.5. The highest BCUT2D eigenvalue weighted by molar-refractivity contribution is 14.1. The topological polar surface area (TPSA) is 75.7 Å². The van der Waals surface area contributed by atoms with Crippen LogP contribution in [-0.4, -0.2) is 47.5 Å². The first kappa shape index (κ1) is 19.2. The van der Waals surface area contributed by atoms with Gasteiger partial charge in [-0.25, -0.2) is 0 Å². The summed E-state index contributed by atoms with van der Waals surface area (Å²) in [6.45, 7) is -1.86. The SMILES string of the molecule is O=C(CI)OCCOC(=O)C([O-])(C(F)(F)F)C(F)(F)F. The highest BCUT2D eigenvalue weighted by atomic mass is 127. The van der Waals surface area contributed by atoms with Crippen molar-refractivity contribution in [2.24, 2.45) is 0 Å². The Balaban J connectivity index is 4.74. The number of carbonyl (C=O) groups excluding carboxylic acids is 2. The fourth-order valence-electron chi connectivity index (χ4n) is 0.822. The van der Waals surface area contributed by atoms with Crippen LogP contribution in [0.1, 0.15) is 0 Å². The van der Waals surface area contributed by atoms with Crippen molar-refractivity contribution >= 4 is 34.5 Å². The summed E-state index contributed by atoms with van der Waals surface area (Å²) < 4.78 is 80.4. The van der Waals surface area contributed by atoms with Gasteiger partial charge in [0.2, 0.25) is 0 Å². The largest absolute Gasteiger partial charge is 0.828 e. The van der Waals surface area contributed by atoms with E-state index in [1.807, 2.05) is 0 Å². The summed E-state index contributed by atoms with van der Waals surface area (Å²) in [7, 11) is 0. The minimum atomic E-state index is -6.42. The molecule has 0 rings (SSSR count). The molecule has 0 aromatic heterocycles. The van der Waals surface area contributed by atoms with Gasteiger partial charge in [-0.15, -0.1) is 0 Å². The summed E-state index contributed by atoms with van der Waals surface area (Å²) in [5.74, 6) is -3.87. The molecule has 0 aromatic carbocycles. The molecular formula is C8H6F6IO5-. The highest BCUT2D eigenvalue weighted by Gasteiger charge is 2.68. The molecule has 0 aliphatic rings. The minimum absolute atomic E-state index is 0.123. The van der Waals surface area contributed by atoms with E-state index >= 15 is 0 Å². The van der Waals surface area contributed by atoms with E-state index in [0.29, 0.717) is 0 Å². The van der Waals surface area contributed by atoms with E-state index in [0.717, 1.165) is 0 Å². The lowest BCUT2D eigenvalue weighted by Crippen LogP contribution is -2.71. The lowest BCUT2D eigenvalue weighted by molar-refractivity contribution is -0.574. The zero-order valence-electron chi connectivity index (χ0n) is 9.31. The fraction of sp³-hybridized carbons (Fsp3) is 0.750. The molecule has 5 nitrogen and oxygen atoms in total. The lowest BCUT2D eigenvalue weighted by Gasteiger charge is -2.40. The number of carbonyl (C=O) groups is 2. The number of rotatable bonds is 5. The molecule has 12 heteroatoms. The van der Waals surface area contributed by atoms with E-state index in [2.05, 4.69) is 9.47 Å². The number of esters is 2. The Morgan fingerprint density at radius 1 is 0.950 bits per heavy atom. The van der Waals surface area contributed by atoms with Crippen LogP contribution < -0.4 is 5.11 Å². The molecule has 0 aromatic rings. The Bertz CT molecular complexity index is 351. The van der Waals surface area contributed by atoms with Crippen molar-refractivity contribution in [3.8, 4) is 0 Å².